The predicted octanol–water partition coefficient (Wildman–Crippen LogP) is 1.09. The number of carbonyl (C=O) groups excluding carboxylic acids is 3. The Kier molecular flexibility index (Phi) is 4.27. The van der Waals surface area contributed by atoms with Crippen molar-refractivity contribution in [3.8, 4) is 0 Å². The zero-order valence-corrected chi connectivity index (χ0v) is 13.0. The lowest BCUT2D eigenvalue weighted by Crippen LogP contribution is -2.56. The lowest BCUT2D eigenvalue weighted by molar-refractivity contribution is -0.134. The van der Waals surface area contributed by atoms with Gasteiger partial charge >= 0.3 is 6.03 Å². The molecule has 3 aliphatic rings. The minimum Gasteiger partial charge on any atom is -0.326 e. The van der Waals surface area contributed by atoms with Crippen LogP contribution in [0, 0.1) is 5.92 Å². The van der Waals surface area contributed by atoms with Crippen LogP contribution in [0.3, 0.4) is 0 Å². The van der Waals surface area contributed by atoms with Gasteiger partial charge in [-0.3, -0.25) is 19.8 Å². The fourth-order valence-corrected chi connectivity index (χ4v) is 3.01. The first-order chi connectivity index (χ1) is 11.0. The summed E-state index contributed by atoms with van der Waals surface area (Å²) >= 11 is 0. The van der Waals surface area contributed by atoms with E-state index in [2.05, 4.69) is 28.6 Å². The van der Waals surface area contributed by atoms with E-state index in [1.807, 2.05) is 6.08 Å². The van der Waals surface area contributed by atoms with Crippen molar-refractivity contribution in [2.45, 2.75) is 38.6 Å². The molecule has 0 aromatic carbocycles. The highest BCUT2D eigenvalue weighted by Crippen LogP contribution is 2.23. The van der Waals surface area contributed by atoms with E-state index in [9.17, 15) is 14.4 Å². The molecule has 23 heavy (non-hydrogen) atoms. The molecule has 0 saturated carbocycles. The molecule has 0 spiro atoms. The number of carbonyl (C=O) groups is 3. The molecule has 0 aromatic heterocycles. The largest absolute Gasteiger partial charge is 0.326 e. The molecule has 2 atom stereocenters. The Balaban J connectivity index is 1.73. The second-order valence-corrected chi connectivity index (χ2v) is 6.05. The fraction of sp³-hybridized carbons (Fsp3) is 0.500. The van der Waals surface area contributed by atoms with Crippen LogP contribution in [0.25, 0.3) is 0 Å². The van der Waals surface area contributed by atoms with Crippen molar-refractivity contribution < 1.29 is 14.4 Å². The van der Waals surface area contributed by atoms with E-state index in [0.29, 0.717) is 18.8 Å². The van der Waals surface area contributed by atoms with Crippen LogP contribution in [0.5, 0.6) is 0 Å². The Morgan fingerprint density at radius 1 is 1.39 bits per heavy atom. The van der Waals surface area contributed by atoms with Gasteiger partial charge in [-0.2, -0.15) is 0 Å². The highest BCUT2D eigenvalue weighted by Gasteiger charge is 2.32. The summed E-state index contributed by atoms with van der Waals surface area (Å²) in [6, 6.07) is -1.01. The van der Waals surface area contributed by atoms with Gasteiger partial charge in [0.25, 0.3) is 0 Å². The molecule has 7 heteroatoms. The van der Waals surface area contributed by atoms with Crippen molar-refractivity contribution in [3.63, 3.8) is 0 Å². The van der Waals surface area contributed by atoms with Gasteiger partial charge in [0.05, 0.1) is 0 Å². The van der Waals surface area contributed by atoms with E-state index in [-0.39, 0.29) is 24.3 Å². The molecule has 2 unspecified atom stereocenters. The van der Waals surface area contributed by atoms with Gasteiger partial charge in [-0.1, -0.05) is 19.1 Å². The van der Waals surface area contributed by atoms with Crippen LogP contribution in [0.15, 0.2) is 28.9 Å². The lowest BCUT2D eigenvalue weighted by atomic mass is 9.99. The van der Waals surface area contributed by atoms with Crippen LogP contribution < -0.4 is 10.6 Å². The topological polar surface area (TPSA) is 90.9 Å². The predicted molar refractivity (Wildman–Crippen MR) is 84.5 cm³/mol. The summed E-state index contributed by atoms with van der Waals surface area (Å²) < 4.78 is 0. The van der Waals surface area contributed by atoms with Crippen molar-refractivity contribution in [1.29, 1.82) is 0 Å². The third-order valence-electron chi connectivity index (χ3n) is 4.20. The summed E-state index contributed by atoms with van der Waals surface area (Å²) in [5.41, 5.74) is 1.06. The second-order valence-electron chi connectivity index (χ2n) is 6.05. The second kappa shape index (κ2) is 6.36. The van der Waals surface area contributed by atoms with Crippen LogP contribution in [0.4, 0.5) is 4.79 Å². The maximum atomic E-state index is 12.6. The molecular formula is C16H20N4O3. The molecule has 0 aliphatic carbocycles. The van der Waals surface area contributed by atoms with Crippen molar-refractivity contribution in [3.05, 3.63) is 23.9 Å². The van der Waals surface area contributed by atoms with Crippen molar-refractivity contribution in [2.24, 2.45) is 10.9 Å². The standard InChI is InChI=1S/C16H20N4O3/c1-10-6-7-17-14-11(9-10)3-2-8-20(14)16(23)18-12-4-5-13(21)19-15(12)22/h6-7,9-10,12H,2-5,8H2,1H3,(H,18,23)(H,19,21,22). The van der Waals surface area contributed by atoms with E-state index in [1.165, 1.54) is 0 Å². The Morgan fingerprint density at radius 3 is 3.00 bits per heavy atom. The first kappa shape index (κ1) is 15.5. The fourth-order valence-electron chi connectivity index (χ4n) is 3.01. The third kappa shape index (κ3) is 3.33. The first-order valence-corrected chi connectivity index (χ1v) is 7.92. The number of hydrogen-bond donors (Lipinski definition) is 2. The average molecular weight is 316 g/mol. The summed E-state index contributed by atoms with van der Waals surface area (Å²) in [6.07, 6.45) is 8.15. The number of nitrogens with zero attached hydrogens (tertiary/aromatic N) is 2. The normalized spacial score (nSPS) is 27.4. The Hall–Kier alpha value is -2.44. The molecule has 0 aromatic rings. The number of hydrogen-bond acceptors (Lipinski definition) is 4. The van der Waals surface area contributed by atoms with Crippen molar-refractivity contribution in [2.75, 3.05) is 6.54 Å². The van der Waals surface area contributed by atoms with Crippen molar-refractivity contribution in [1.82, 2.24) is 15.5 Å². The van der Waals surface area contributed by atoms with Gasteiger partial charge in [0.2, 0.25) is 11.8 Å². The Labute approximate surface area is 134 Å². The maximum Gasteiger partial charge on any atom is 0.323 e. The number of rotatable bonds is 1. The highest BCUT2D eigenvalue weighted by molar-refractivity contribution is 6.09. The molecule has 3 aliphatic heterocycles. The van der Waals surface area contributed by atoms with Gasteiger partial charge in [0.1, 0.15) is 11.9 Å². The number of allylic oxidation sites excluding steroid dienone is 2. The summed E-state index contributed by atoms with van der Waals surface area (Å²) in [5.74, 6) is 0.195. The first-order valence-electron chi connectivity index (χ1n) is 7.92. The van der Waals surface area contributed by atoms with Crippen LogP contribution in [-0.4, -0.2) is 41.2 Å². The monoisotopic (exact) mass is 316 g/mol. The van der Waals surface area contributed by atoms with E-state index in [4.69, 9.17) is 0 Å². The number of fused-ring (bicyclic) bond motifs is 1. The maximum absolute atomic E-state index is 12.6. The quantitative estimate of drug-likeness (QED) is 0.709. The molecular weight excluding hydrogens is 296 g/mol. The summed E-state index contributed by atoms with van der Waals surface area (Å²) in [7, 11) is 0. The van der Waals surface area contributed by atoms with Gasteiger partial charge in [-0.25, -0.2) is 9.79 Å². The summed E-state index contributed by atoms with van der Waals surface area (Å²) in [4.78, 5) is 41.5. The molecule has 122 valence electrons. The molecule has 0 bridgehead atoms. The number of piperidine rings is 2. The third-order valence-corrected chi connectivity index (χ3v) is 4.20. The van der Waals surface area contributed by atoms with Gasteiger partial charge in [0, 0.05) is 19.2 Å². The zero-order valence-electron chi connectivity index (χ0n) is 13.0. The van der Waals surface area contributed by atoms with E-state index in [0.717, 1.165) is 18.4 Å². The number of likely N-dealkylation sites (tertiary alicyclic amines) is 1. The number of urea groups is 1. The van der Waals surface area contributed by atoms with Crippen LogP contribution >= 0.6 is 0 Å². The van der Waals surface area contributed by atoms with E-state index >= 15 is 0 Å². The zero-order chi connectivity index (χ0) is 16.4. The van der Waals surface area contributed by atoms with E-state index < -0.39 is 11.9 Å². The van der Waals surface area contributed by atoms with Gasteiger partial charge < -0.3 is 5.32 Å². The average Bonchev–Trinajstić information content (AvgIpc) is 2.70. The molecule has 3 rings (SSSR count). The number of imide groups is 1. The molecule has 4 amide bonds. The van der Waals surface area contributed by atoms with Crippen molar-refractivity contribution >= 4 is 23.7 Å². The number of aliphatic imine (C=N–C) groups is 1. The van der Waals surface area contributed by atoms with Crippen LogP contribution in [0.1, 0.15) is 32.6 Å². The van der Waals surface area contributed by atoms with E-state index in [1.54, 1.807) is 11.1 Å². The lowest BCUT2D eigenvalue weighted by Gasteiger charge is -2.32. The van der Waals surface area contributed by atoms with Gasteiger partial charge in [0.15, 0.2) is 0 Å². The molecule has 7 nitrogen and oxygen atoms in total. The van der Waals surface area contributed by atoms with Crippen LogP contribution in [-0.2, 0) is 9.59 Å². The smallest absolute Gasteiger partial charge is 0.323 e. The minimum absolute atomic E-state index is 0.239. The molecule has 2 fully saturated rings. The summed E-state index contributed by atoms with van der Waals surface area (Å²) in [5, 5.41) is 4.96. The molecule has 2 N–H and O–H groups in total. The highest BCUT2D eigenvalue weighted by atomic mass is 16.2. The van der Waals surface area contributed by atoms with Gasteiger partial charge in [-0.05, 0) is 30.8 Å². The SMILES string of the molecule is CC1C=CN=C2C(=C1)CCCN2C(=O)NC1CCC(=O)NC1=O. The number of nitrogens with one attached hydrogen (secondary N) is 2. The van der Waals surface area contributed by atoms with Crippen LogP contribution in [0.2, 0.25) is 0 Å². The molecule has 2 saturated heterocycles. The Morgan fingerprint density at radius 2 is 2.22 bits per heavy atom. The minimum atomic E-state index is -0.671. The number of amidine groups is 1. The summed E-state index contributed by atoms with van der Waals surface area (Å²) in [6.45, 7) is 2.64. The van der Waals surface area contributed by atoms with Gasteiger partial charge in [-0.15, -0.1) is 0 Å². The Bertz CT molecular complexity index is 635. The molecule has 0 radical (unpaired) electrons. The molecule has 3 heterocycles. The number of amides is 4.